The Kier molecular flexibility index (Phi) is 9.08. The average Bonchev–Trinajstić information content (AvgIpc) is 3.52. The van der Waals surface area contributed by atoms with E-state index in [1.165, 1.54) is 5.56 Å². The maximum absolute atomic E-state index is 12.5. The van der Waals surface area contributed by atoms with Crippen molar-refractivity contribution >= 4 is 11.8 Å². The van der Waals surface area contributed by atoms with Crippen LogP contribution in [0.1, 0.15) is 52.0 Å². The van der Waals surface area contributed by atoms with Crippen molar-refractivity contribution in [2.75, 3.05) is 44.4 Å². The molecule has 1 amide bonds. The topological polar surface area (TPSA) is 64.1 Å². The molecule has 0 spiro atoms. The number of amides is 1. The first kappa shape index (κ1) is 26.3. The number of aromatic nitrogens is 1. The van der Waals surface area contributed by atoms with Crippen molar-refractivity contribution in [3.05, 3.63) is 54.4 Å². The van der Waals surface area contributed by atoms with Gasteiger partial charge in [0.25, 0.3) is 0 Å². The third-order valence-electron chi connectivity index (χ3n) is 6.75. The standard InChI is InChI=1S/C29H41N3O4/c1-29(2,3)36-28(33)32-14-7-12-25(32)22-35-27-17-26(18-30-19-27)31-15-13-24(20-31)21-34-16-8-11-23-9-5-4-6-10-23/h4-6,9-10,17-19,24-25H,7-8,11-16,20-22H2,1-3H3. The van der Waals surface area contributed by atoms with Crippen LogP contribution in [0.15, 0.2) is 48.8 Å². The number of ether oxygens (including phenoxy) is 3. The van der Waals surface area contributed by atoms with E-state index in [-0.39, 0.29) is 12.1 Å². The minimum atomic E-state index is -0.496. The summed E-state index contributed by atoms with van der Waals surface area (Å²) < 4.78 is 17.6. The molecule has 2 saturated heterocycles. The first-order valence-electron chi connectivity index (χ1n) is 13.3. The second-order valence-electron chi connectivity index (χ2n) is 10.9. The van der Waals surface area contributed by atoms with E-state index in [1.54, 1.807) is 11.1 Å². The molecule has 0 radical (unpaired) electrons. The summed E-state index contributed by atoms with van der Waals surface area (Å²) in [5.41, 5.74) is 1.95. The van der Waals surface area contributed by atoms with Gasteiger partial charge < -0.3 is 24.0 Å². The minimum Gasteiger partial charge on any atom is -0.490 e. The molecule has 3 heterocycles. The van der Waals surface area contributed by atoms with Crippen molar-refractivity contribution in [1.82, 2.24) is 9.88 Å². The summed E-state index contributed by atoms with van der Waals surface area (Å²) in [6.07, 6.45) is 8.52. The Morgan fingerprint density at radius 3 is 2.72 bits per heavy atom. The Balaban J connectivity index is 1.19. The molecule has 2 aliphatic rings. The van der Waals surface area contributed by atoms with E-state index >= 15 is 0 Å². The van der Waals surface area contributed by atoms with E-state index in [0.29, 0.717) is 19.1 Å². The third kappa shape index (κ3) is 7.85. The summed E-state index contributed by atoms with van der Waals surface area (Å²) in [4.78, 5) is 21.1. The van der Waals surface area contributed by atoms with Crippen LogP contribution < -0.4 is 9.64 Å². The van der Waals surface area contributed by atoms with Gasteiger partial charge in [0.15, 0.2) is 0 Å². The predicted molar refractivity (Wildman–Crippen MR) is 142 cm³/mol. The molecule has 1 aromatic carbocycles. The minimum absolute atomic E-state index is 0.0266. The van der Waals surface area contributed by atoms with Crippen molar-refractivity contribution in [1.29, 1.82) is 0 Å². The maximum atomic E-state index is 12.5. The summed E-state index contributed by atoms with van der Waals surface area (Å²) in [6.45, 7) is 10.4. The first-order chi connectivity index (χ1) is 17.4. The van der Waals surface area contributed by atoms with Crippen LogP contribution in [0.4, 0.5) is 10.5 Å². The Morgan fingerprint density at radius 1 is 1.08 bits per heavy atom. The van der Waals surface area contributed by atoms with E-state index in [0.717, 1.165) is 69.8 Å². The van der Waals surface area contributed by atoms with Crippen molar-refractivity contribution < 1.29 is 19.0 Å². The number of benzene rings is 1. The van der Waals surface area contributed by atoms with Crippen molar-refractivity contribution in [3.63, 3.8) is 0 Å². The summed E-state index contributed by atoms with van der Waals surface area (Å²) >= 11 is 0. The van der Waals surface area contributed by atoms with Gasteiger partial charge in [-0.25, -0.2) is 4.79 Å². The fraction of sp³-hybridized carbons (Fsp3) is 0.586. The van der Waals surface area contributed by atoms with Crippen LogP contribution >= 0.6 is 0 Å². The number of hydrogen-bond acceptors (Lipinski definition) is 6. The van der Waals surface area contributed by atoms with E-state index in [9.17, 15) is 4.79 Å². The summed E-state index contributed by atoms with van der Waals surface area (Å²) in [6, 6.07) is 12.7. The first-order valence-corrected chi connectivity index (χ1v) is 13.3. The smallest absolute Gasteiger partial charge is 0.410 e. The quantitative estimate of drug-likeness (QED) is 0.415. The molecule has 0 saturated carbocycles. The molecule has 2 fully saturated rings. The van der Waals surface area contributed by atoms with Crippen molar-refractivity contribution in [3.8, 4) is 5.75 Å². The van der Waals surface area contributed by atoms with Gasteiger partial charge in [-0.05, 0) is 58.4 Å². The maximum Gasteiger partial charge on any atom is 0.410 e. The lowest BCUT2D eigenvalue weighted by molar-refractivity contribution is 0.0187. The molecular formula is C29H41N3O4. The van der Waals surface area contributed by atoms with Gasteiger partial charge in [-0.3, -0.25) is 4.98 Å². The van der Waals surface area contributed by atoms with E-state index in [2.05, 4.69) is 46.3 Å². The number of anilines is 1. The van der Waals surface area contributed by atoms with Crippen LogP contribution in [0, 0.1) is 5.92 Å². The molecule has 36 heavy (non-hydrogen) atoms. The zero-order chi connectivity index (χ0) is 25.4. The molecule has 1 aromatic heterocycles. The second kappa shape index (κ2) is 12.4. The van der Waals surface area contributed by atoms with Crippen molar-refractivity contribution in [2.24, 2.45) is 5.92 Å². The monoisotopic (exact) mass is 495 g/mol. The molecule has 2 unspecified atom stereocenters. The Hall–Kier alpha value is -2.80. The van der Waals surface area contributed by atoms with Crippen molar-refractivity contribution in [2.45, 2.75) is 64.5 Å². The number of aryl methyl sites for hydroxylation is 1. The second-order valence-corrected chi connectivity index (χ2v) is 10.9. The number of carbonyl (C=O) groups is 1. The number of rotatable bonds is 10. The van der Waals surface area contributed by atoms with Gasteiger partial charge in [-0.15, -0.1) is 0 Å². The van der Waals surface area contributed by atoms with Gasteiger partial charge in [0.2, 0.25) is 0 Å². The molecule has 2 atom stereocenters. The summed E-state index contributed by atoms with van der Waals surface area (Å²) in [5, 5.41) is 0. The van der Waals surface area contributed by atoms with Crippen LogP contribution in [-0.2, 0) is 15.9 Å². The largest absolute Gasteiger partial charge is 0.490 e. The zero-order valence-corrected chi connectivity index (χ0v) is 22.0. The van der Waals surface area contributed by atoms with Gasteiger partial charge in [0.1, 0.15) is 18.0 Å². The number of hydrogen-bond donors (Lipinski definition) is 0. The molecule has 2 aromatic rings. The van der Waals surface area contributed by atoms with Gasteiger partial charge in [0, 0.05) is 38.2 Å². The molecule has 0 aliphatic carbocycles. The lowest BCUT2D eigenvalue weighted by Gasteiger charge is -2.28. The zero-order valence-electron chi connectivity index (χ0n) is 22.0. The molecule has 4 rings (SSSR count). The molecule has 7 heteroatoms. The fourth-order valence-corrected chi connectivity index (χ4v) is 4.90. The van der Waals surface area contributed by atoms with Gasteiger partial charge in [0.05, 0.1) is 30.7 Å². The third-order valence-corrected chi connectivity index (χ3v) is 6.75. The van der Waals surface area contributed by atoms with Crippen LogP contribution in [0.3, 0.4) is 0 Å². The van der Waals surface area contributed by atoms with Crippen LogP contribution in [0.5, 0.6) is 5.75 Å². The van der Waals surface area contributed by atoms with Gasteiger partial charge in [-0.2, -0.15) is 0 Å². The highest BCUT2D eigenvalue weighted by Gasteiger charge is 2.32. The van der Waals surface area contributed by atoms with Crippen LogP contribution in [0.25, 0.3) is 0 Å². The normalized spacial score (nSPS) is 20.1. The SMILES string of the molecule is CC(C)(C)OC(=O)N1CCCC1COc1cncc(N2CCC(COCCCc3ccccc3)C2)c1. The van der Waals surface area contributed by atoms with E-state index < -0.39 is 5.60 Å². The number of likely N-dealkylation sites (tertiary alicyclic amines) is 1. The highest BCUT2D eigenvalue weighted by Crippen LogP contribution is 2.27. The van der Waals surface area contributed by atoms with Gasteiger partial charge in [-0.1, -0.05) is 30.3 Å². The summed E-state index contributed by atoms with van der Waals surface area (Å²) in [7, 11) is 0. The Labute approximate surface area is 215 Å². The molecule has 2 aliphatic heterocycles. The molecule has 7 nitrogen and oxygen atoms in total. The summed E-state index contributed by atoms with van der Waals surface area (Å²) in [5.74, 6) is 1.27. The Morgan fingerprint density at radius 2 is 1.92 bits per heavy atom. The predicted octanol–water partition coefficient (Wildman–Crippen LogP) is 5.34. The highest BCUT2D eigenvalue weighted by molar-refractivity contribution is 5.69. The van der Waals surface area contributed by atoms with E-state index in [1.807, 2.05) is 27.0 Å². The molecular weight excluding hydrogens is 454 g/mol. The fourth-order valence-electron chi connectivity index (χ4n) is 4.90. The molecule has 0 N–H and O–H groups in total. The molecule has 0 bridgehead atoms. The number of pyridine rings is 1. The highest BCUT2D eigenvalue weighted by atomic mass is 16.6. The molecule has 196 valence electrons. The van der Waals surface area contributed by atoms with E-state index in [4.69, 9.17) is 14.2 Å². The van der Waals surface area contributed by atoms with Gasteiger partial charge >= 0.3 is 6.09 Å². The number of nitrogens with zero attached hydrogens (tertiary/aromatic N) is 3. The Bertz CT molecular complexity index is 962. The number of carbonyl (C=O) groups excluding carboxylic acids is 1. The van der Waals surface area contributed by atoms with Crippen LogP contribution in [0.2, 0.25) is 0 Å². The lowest BCUT2D eigenvalue weighted by atomic mass is 10.1. The van der Waals surface area contributed by atoms with Crippen LogP contribution in [-0.4, -0.2) is 67.1 Å². The average molecular weight is 496 g/mol. The lowest BCUT2D eigenvalue weighted by Crippen LogP contribution is -2.42.